The van der Waals surface area contributed by atoms with E-state index in [1.165, 1.54) is 52.7 Å². The molecule has 0 saturated carbocycles. The number of amides is 2. The van der Waals surface area contributed by atoms with Gasteiger partial charge in [0.2, 0.25) is 11.8 Å². The number of carbonyl (C=O) groups is 2. The van der Waals surface area contributed by atoms with Gasteiger partial charge >= 0.3 is 0 Å². The number of halogens is 1. The van der Waals surface area contributed by atoms with Gasteiger partial charge in [0.05, 0.1) is 11.4 Å². The van der Waals surface area contributed by atoms with E-state index in [0.717, 1.165) is 16.1 Å². The van der Waals surface area contributed by atoms with E-state index in [2.05, 4.69) is 15.3 Å². The summed E-state index contributed by atoms with van der Waals surface area (Å²) in [5.74, 6) is -0.758. The van der Waals surface area contributed by atoms with Crippen LogP contribution in [0.4, 0.5) is 20.3 Å². The lowest BCUT2D eigenvalue weighted by molar-refractivity contribution is -0.116. The second-order valence-electron chi connectivity index (χ2n) is 7.00. The number of aromatic nitrogens is 2. The Balaban J connectivity index is 1.37. The van der Waals surface area contributed by atoms with Crippen LogP contribution in [-0.4, -0.2) is 21.8 Å². The number of anilines is 3. The first-order valence-corrected chi connectivity index (χ1v) is 11.7. The molecule has 0 saturated heterocycles. The Bertz CT molecular complexity index is 1280. The smallest absolute Gasteiger partial charge is 0.250 e. The Hall–Kier alpha value is -3.69. The molecule has 0 bridgehead atoms. The topological polar surface area (TPSA) is 75.2 Å². The van der Waals surface area contributed by atoms with E-state index in [-0.39, 0.29) is 17.6 Å². The maximum absolute atomic E-state index is 13.0. The summed E-state index contributed by atoms with van der Waals surface area (Å²) in [6, 6.07) is 15.6. The summed E-state index contributed by atoms with van der Waals surface area (Å²) < 4.78 is 13.0. The van der Waals surface area contributed by atoms with E-state index in [9.17, 15) is 14.0 Å². The molecule has 0 aliphatic heterocycles. The molecule has 4 rings (SSSR count). The molecule has 0 unspecified atom stereocenters. The van der Waals surface area contributed by atoms with E-state index in [0.29, 0.717) is 22.4 Å². The van der Waals surface area contributed by atoms with Gasteiger partial charge in [-0.2, -0.15) is 0 Å². The van der Waals surface area contributed by atoms with E-state index in [1.54, 1.807) is 29.8 Å². The molecule has 0 radical (unpaired) electrons. The van der Waals surface area contributed by atoms with Gasteiger partial charge in [0, 0.05) is 35.9 Å². The Morgan fingerprint density at radius 1 is 1.12 bits per heavy atom. The van der Waals surface area contributed by atoms with Crippen LogP contribution in [0.1, 0.15) is 23.1 Å². The van der Waals surface area contributed by atoms with Crippen molar-refractivity contribution in [3.8, 4) is 0 Å². The lowest BCUT2D eigenvalue weighted by Gasteiger charge is -2.17. The maximum Gasteiger partial charge on any atom is 0.250 e. The van der Waals surface area contributed by atoms with E-state index >= 15 is 0 Å². The molecule has 33 heavy (non-hydrogen) atoms. The Morgan fingerprint density at radius 3 is 2.61 bits per heavy atom. The average molecular weight is 479 g/mol. The summed E-state index contributed by atoms with van der Waals surface area (Å²) >= 11 is 2.68. The number of hydrogen-bond donors (Lipinski definition) is 1. The summed E-state index contributed by atoms with van der Waals surface area (Å²) in [5.41, 5.74) is 2.27. The predicted molar refractivity (Wildman–Crippen MR) is 130 cm³/mol. The fourth-order valence-electron chi connectivity index (χ4n) is 3.02. The number of benzene rings is 2. The minimum absolute atomic E-state index is 0.149. The molecule has 2 heterocycles. The van der Waals surface area contributed by atoms with E-state index in [4.69, 9.17) is 0 Å². The molecule has 6 nitrogen and oxygen atoms in total. The highest BCUT2D eigenvalue weighted by molar-refractivity contribution is 7.15. The van der Waals surface area contributed by atoms with Crippen LogP contribution >= 0.6 is 22.7 Å². The first-order valence-electron chi connectivity index (χ1n) is 9.97. The van der Waals surface area contributed by atoms with Gasteiger partial charge in [-0.05, 0) is 35.9 Å². The van der Waals surface area contributed by atoms with Crippen molar-refractivity contribution in [2.45, 2.75) is 13.3 Å². The molecule has 0 aliphatic carbocycles. The monoisotopic (exact) mass is 478 g/mol. The van der Waals surface area contributed by atoms with Crippen LogP contribution in [0.5, 0.6) is 0 Å². The first kappa shape index (κ1) is 22.5. The van der Waals surface area contributed by atoms with Gasteiger partial charge in [-0.1, -0.05) is 30.3 Å². The average Bonchev–Trinajstić information content (AvgIpc) is 3.44. The van der Waals surface area contributed by atoms with E-state index < -0.39 is 0 Å². The number of hydrogen-bond acceptors (Lipinski definition) is 6. The number of rotatable bonds is 7. The fourth-order valence-corrected chi connectivity index (χ4v) is 4.72. The van der Waals surface area contributed by atoms with Gasteiger partial charge in [0.15, 0.2) is 10.3 Å². The van der Waals surface area contributed by atoms with Crippen molar-refractivity contribution in [2.24, 2.45) is 0 Å². The minimum atomic E-state index is -0.335. The highest BCUT2D eigenvalue weighted by Crippen LogP contribution is 2.29. The number of carbonyl (C=O) groups excluding carboxylic acids is 2. The third kappa shape index (κ3) is 5.97. The molecule has 4 aromatic rings. The molecule has 166 valence electrons. The number of para-hydroxylation sites is 1. The lowest BCUT2D eigenvalue weighted by Crippen LogP contribution is -2.22. The Labute approximate surface area is 198 Å². The zero-order chi connectivity index (χ0) is 23.2. The highest BCUT2D eigenvalue weighted by atomic mass is 32.1. The van der Waals surface area contributed by atoms with Crippen LogP contribution in [0, 0.1) is 5.82 Å². The van der Waals surface area contributed by atoms with Gasteiger partial charge in [0.1, 0.15) is 5.82 Å². The van der Waals surface area contributed by atoms with Gasteiger partial charge < -0.3 is 0 Å². The van der Waals surface area contributed by atoms with E-state index in [1.807, 2.05) is 30.3 Å². The summed E-state index contributed by atoms with van der Waals surface area (Å²) in [5, 5.41) is 5.52. The molecule has 0 fully saturated rings. The van der Waals surface area contributed by atoms with Crippen molar-refractivity contribution in [3.05, 3.63) is 94.2 Å². The van der Waals surface area contributed by atoms with Crippen LogP contribution in [0.3, 0.4) is 0 Å². The standard InChI is InChI=1S/C24H19FN4O2S2/c1-16(30)29(20-5-3-2-4-6-20)24-27-19(15-32-24)11-12-22(31)28-23-26-14-21(33-23)13-17-7-9-18(25)10-8-17/h2-12,14-15H,13H2,1H3,(H,26,28,31)/b12-11+. The third-order valence-corrected chi connectivity index (χ3v) is 6.27. The van der Waals surface area contributed by atoms with Crippen LogP contribution < -0.4 is 10.2 Å². The quantitative estimate of drug-likeness (QED) is 0.348. The molecular weight excluding hydrogens is 459 g/mol. The van der Waals surface area contributed by atoms with Crippen molar-refractivity contribution in [3.63, 3.8) is 0 Å². The molecule has 2 amide bonds. The van der Waals surface area contributed by atoms with Gasteiger partial charge in [-0.3, -0.25) is 19.8 Å². The second kappa shape index (κ2) is 10.3. The molecular formula is C24H19FN4O2S2. The number of thiazole rings is 2. The maximum atomic E-state index is 13.0. The molecule has 9 heteroatoms. The second-order valence-corrected chi connectivity index (χ2v) is 8.95. The first-order chi connectivity index (χ1) is 16.0. The molecule has 2 aromatic heterocycles. The summed E-state index contributed by atoms with van der Waals surface area (Å²) in [6.45, 7) is 1.48. The number of nitrogens with one attached hydrogen (secondary N) is 1. The molecule has 0 aliphatic rings. The van der Waals surface area contributed by atoms with Crippen molar-refractivity contribution >= 4 is 56.5 Å². The highest BCUT2D eigenvalue weighted by Gasteiger charge is 2.17. The lowest BCUT2D eigenvalue weighted by atomic mass is 10.1. The third-order valence-electron chi connectivity index (χ3n) is 4.51. The van der Waals surface area contributed by atoms with Crippen LogP contribution in [-0.2, 0) is 16.0 Å². The molecule has 2 aromatic carbocycles. The van der Waals surface area contributed by atoms with Gasteiger partial charge in [-0.15, -0.1) is 22.7 Å². The molecule has 0 spiro atoms. The van der Waals surface area contributed by atoms with Crippen LogP contribution in [0.2, 0.25) is 0 Å². The van der Waals surface area contributed by atoms with Crippen molar-refractivity contribution in [1.82, 2.24) is 9.97 Å². The largest absolute Gasteiger partial charge is 0.298 e. The molecule has 1 N–H and O–H groups in total. The molecule has 0 atom stereocenters. The zero-order valence-corrected chi connectivity index (χ0v) is 19.2. The zero-order valence-electron chi connectivity index (χ0n) is 17.6. The summed E-state index contributed by atoms with van der Waals surface area (Å²) in [7, 11) is 0. The van der Waals surface area contributed by atoms with Crippen molar-refractivity contribution in [1.29, 1.82) is 0 Å². The van der Waals surface area contributed by atoms with Crippen LogP contribution in [0.15, 0.2) is 72.3 Å². The number of nitrogens with zero attached hydrogens (tertiary/aromatic N) is 3. The van der Waals surface area contributed by atoms with Crippen LogP contribution in [0.25, 0.3) is 6.08 Å². The Kier molecular flexibility index (Phi) is 7.01. The predicted octanol–water partition coefficient (Wildman–Crippen LogP) is 5.67. The van der Waals surface area contributed by atoms with Crippen molar-refractivity contribution < 1.29 is 14.0 Å². The van der Waals surface area contributed by atoms with Gasteiger partial charge in [0.25, 0.3) is 0 Å². The van der Waals surface area contributed by atoms with Gasteiger partial charge in [-0.25, -0.2) is 14.4 Å². The SMILES string of the molecule is CC(=O)N(c1ccccc1)c1nc(/C=C/C(=O)Nc2ncc(Cc3ccc(F)cc3)s2)cs1. The fraction of sp³-hybridized carbons (Fsp3) is 0.0833. The summed E-state index contributed by atoms with van der Waals surface area (Å²) in [6.07, 6.45) is 5.27. The normalized spacial score (nSPS) is 11.0. The summed E-state index contributed by atoms with van der Waals surface area (Å²) in [4.78, 5) is 35.6. The Morgan fingerprint density at radius 2 is 1.88 bits per heavy atom. The van der Waals surface area contributed by atoms with Crippen molar-refractivity contribution in [2.75, 3.05) is 10.2 Å². The minimum Gasteiger partial charge on any atom is -0.298 e.